The number of anilines is 2. The van der Waals surface area contributed by atoms with Gasteiger partial charge in [-0.3, -0.25) is 4.90 Å². The predicted molar refractivity (Wildman–Crippen MR) is 163 cm³/mol. The normalized spacial score (nSPS) is 25.1. The first kappa shape index (κ1) is 31.4. The van der Waals surface area contributed by atoms with Crippen LogP contribution in [0.2, 0.25) is 0 Å². The lowest BCUT2D eigenvalue weighted by Crippen LogP contribution is -2.48. The van der Waals surface area contributed by atoms with E-state index in [2.05, 4.69) is 24.5 Å². The third kappa shape index (κ3) is 6.40. The lowest BCUT2D eigenvalue weighted by Gasteiger charge is -2.37. The van der Waals surface area contributed by atoms with Crippen molar-refractivity contribution < 1.29 is 41.7 Å². The fourth-order valence-corrected chi connectivity index (χ4v) is 7.33. The molecule has 3 N–H and O–H groups in total. The first-order valence-electron chi connectivity index (χ1n) is 15.8. The van der Waals surface area contributed by atoms with Crippen LogP contribution >= 0.6 is 0 Å². The summed E-state index contributed by atoms with van der Waals surface area (Å²) in [6, 6.07) is 11.4. The minimum absolute atomic E-state index is 0.0712. The second-order valence-electron chi connectivity index (χ2n) is 12.6. The number of benzene rings is 2. The summed E-state index contributed by atoms with van der Waals surface area (Å²) in [5, 5.41) is 9.10. The molecule has 2 saturated carbocycles. The number of piperazine rings is 1. The van der Waals surface area contributed by atoms with E-state index >= 15 is 0 Å². The molecule has 2 aromatic carbocycles. The van der Waals surface area contributed by atoms with E-state index in [0.717, 1.165) is 73.8 Å². The highest BCUT2D eigenvalue weighted by Gasteiger charge is 2.75. The Morgan fingerprint density at radius 3 is 2.38 bits per heavy atom. The number of carbonyl (C=O) groups is 1. The molecule has 2 heterocycles. The lowest BCUT2D eigenvalue weighted by molar-refractivity contribution is -0.274. The Balaban J connectivity index is 0.927. The van der Waals surface area contributed by atoms with Gasteiger partial charge in [0.2, 0.25) is 11.6 Å². The molecule has 0 radical (unpaired) electrons. The van der Waals surface area contributed by atoms with E-state index in [9.17, 15) is 22.4 Å². The number of rotatable bonds is 10. The number of aliphatic carboxylic acids is 1. The molecule has 3 aromatic rings. The molecular formula is C33H35F4N5O5. The molecule has 4 atom stereocenters. The number of carboxylic acid groups (broad SMARTS) is 1. The van der Waals surface area contributed by atoms with Gasteiger partial charge in [0.25, 0.3) is 0 Å². The monoisotopic (exact) mass is 657 g/mol. The first-order valence-corrected chi connectivity index (χ1v) is 15.8. The van der Waals surface area contributed by atoms with Gasteiger partial charge in [-0.25, -0.2) is 14.2 Å². The maximum absolute atomic E-state index is 14.3. The average molecular weight is 658 g/mol. The van der Waals surface area contributed by atoms with Gasteiger partial charge in [-0.05, 0) is 67.1 Å². The van der Waals surface area contributed by atoms with Crippen LogP contribution in [0.25, 0.3) is 11.3 Å². The van der Waals surface area contributed by atoms with Gasteiger partial charge in [0.1, 0.15) is 23.9 Å². The van der Waals surface area contributed by atoms with Crippen molar-refractivity contribution in [2.24, 2.45) is 11.8 Å². The molecule has 47 heavy (non-hydrogen) atoms. The third-order valence-electron chi connectivity index (χ3n) is 9.79. The molecule has 0 spiro atoms. The number of nitrogens with zero attached hydrogens (tertiary/aromatic N) is 4. The third-order valence-corrected chi connectivity index (χ3v) is 9.79. The molecular weight excluding hydrogens is 622 g/mol. The van der Waals surface area contributed by atoms with E-state index in [-0.39, 0.29) is 24.4 Å². The molecule has 0 amide bonds. The molecule has 250 valence electrons. The molecule has 14 heteroatoms. The Morgan fingerprint density at radius 2 is 1.70 bits per heavy atom. The van der Waals surface area contributed by atoms with Crippen LogP contribution in [0.5, 0.6) is 11.5 Å². The number of ether oxygens (including phenoxy) is 3. The van der Waals surface area contributed by atoms with E-state index in [1.807, 2.05) is 18.2 Å². The zero-order chi connectivity index (χ0) is 32.9. The van der Waals surface area contributed by atoms with E-state index < -0.39 is 29.8 Å². The topological polar surface area (TPSA) is 123 Å². The zero-order valence-electron chi connectivity index (χ0n) is 25.5. The number of nitrogens with two attached hydrogens (primary N) is 1. The molecule has 3 fully saturated rings. The number of alkyl halides is 4. The minimum atomic E-state index is -4.74. The molecule has 1 aromatic heterocycles. The van der Waals surface area contributed by atoms with Crippen molar-refractivity contribution in [2.45, 2.75) is 50.4 Å². The van der Waals surface area contributed by atoms with Crippen LogP contribution in [0.4, 0.5) is 29.3 Å². The number of hydrogen-bond acceptors (Lipinski definition) is 9. The van der Waals surface area contributed by atoms with Crippen molar-refractivity contribution in [3.8, 4) is 22.8 Å². The number of nitrogen functional groups attached to an aromatic ring is 1. The Kier molecular flexibility index (Phi) is 8.11. The SMILES string of the molecule is Nc1nc2c(c(N3CCN(CCO[C@@H]4C[C@@H]5[C@H](C4)[C@@]5(F)C(=O)O)CC3)n1)CCc1cc(OCc3ccc(OC(F)(F)F)cc3)ccc1-2. The van der Waals surface area contributed by atoms with Gasteiger partial charge >= 0.3 is 12.3 Å². The molecule has 7 rings (SSSR count). The summed E-state index contributed by atoms with van der Waals surface area (Å²) in [7, 11) is 0. The molecule has 1 saturated heterocycles. The quantitative estimate of drug-likeness (QED) is 0.298. The summed E-state index contributed by atoms with van der Waals surface area (Å²) < 4.78 is 67.4. The van der Waals surface area contributed by atoms with Crippen molar-refractivity contribution in [2.75, 3.05) is 50.0 Å². The summed E-state index contributed by atoms with van der Waals surface area (Å²) in [5.74, 6) is -0.745. The van der Waals surface area contributed by atoms with Gasteiger partial charge < -0.3 is 30.0 Å². The van der Waals surface area contributed by atoms with Crippen LogP contribution in [-0.4, -0.2) is 83.4 Å². The van der Waals surface area contributed by atoms with Gasteiger partial charge in [0.15, 0.2) is 0 Å². The largest absolute Gasteiger partial charge is 0.573 e. The Labute approximate surface area is 268 Å². The fourth-order valence-electron chi connectivity index (χ4n) is 7.33. The maximum Gasteiger partial charge on any atom is 0.573 e. The van der Waals surface area contributed by atoms with E-state index in [1.54, 1.807) is 0 Å². The highest BCUT2D eigenvalue weighted by Crippen LogP contribution is 2.63. The smallest absolute Gasteiger partial charge is 0.489 e. The number of aromatic nitrogens is 2. The van der Waals surface area contributed by atoms with Crippen molar-refractivity contribution in [1.82, 2.24) is 14.9 Å². The molecule has 0 bridgehead atoms. The van der Waals surface area contributed by atoms with Gasteiger partial charge in [-0.15, -0.1) is 13.2 Å². The second-order valence-corrected chi connectivity index (χ2v) is 12.6. The summed E-state index contributed by atoms with van der Waals surface area (Å²) >= 11 is 0. The second kappa shape index (κ2) is 12.1. The average Bonchev–Trinajstić information content (AvgIpc) is 3.35. The molecule has 0 unspecified atom stereocenters. The van der Waals surface area contributed by atoms with E-state index in [4.69, 9.17) is 20.3 Å². The van der Waals surface area contributed by atoms with Gasteiger partial charge in [0.05, 0.1) is 18.4 Å². The van der Waals surface area contributed by atoms with Crippen LogP contribution < -0.4 is 20.1 Å². The number of carboxylic acids is 1. The Morgan fingerprint density at radius 1 is 1.00 bits per heavy atom. The van der Waals surface area contributed by atoms with Crippen molar-refractivity contribution in [3.05, 3.63) is 59.2 Å². The van der Waals surface area contributed by atoms with Gasteiger partial charge in [0, 0.05) is 55.7 Å². The van der Waals surface area contributed by atoms with Gasteiger partial charge in [-0.1, -0.05) is 12.1 Å². The first-order chi connectivity index (χ1) is 22.5. The van der Waals surface area contributed by atoms with Crippen LogP contribution in [0.1, 0.15) is 29.5 Å². The Bertz CT molecular complexity index is 1640. The Hall–Kier alpha value is -4.17. The van der Waals surface area contributed by atoms with Crippen LogP contribution in [0.15, 0.2) is 42.5 Å². The van der Waals surface area contributed by atoms with E-state index in [1.165, 1.54) is 24.3 Å². The number of aryl methyl sites for hydroxylation is 1. The fraction of sp³-hybridized carbons (Fsp3) is 0.485. The number of hydrogen-bond donors (Lipinski definition) is 2. The molecule has 1 aliphatic heterocycles. The summed E-state index contributed by atoms with van der Waals surface area (Å²) in [6.45, 7) is 4.63. The molecule has 3 aliphatic carbocycles. The van der Waals surface area contributed by atoms with Crippen molar-refractivity contribution in [3.63, 3.8) is 0 Å². The van der Waals surface area contributed by atoms with Crippen molar-refractivity contribution >= 4 is 17.7 Å². The highest BCUT2D eigenvalue weighted by molar-refractivity contribution is 5.83. The zero-order valence-corrected chi connectivity index (χ0v) is 25.5. The standard InChI is InChI=1S/C33H35F4N5O5/c34-32(30(43)44)26-16-23(17-27(26)32)45-14-13-41-9-11-42(12-10-41)29-25-7-3-20-15-22(6-8-24(20)28(25)39-31(38)40-29)46-18-19-1-4-21(5-2-19)47-33(35,36)37/h1-2,4-6,8,15,23,26-27H,3,7,9-14,16-18H2,(H,43,44)(H2,38,39,40)/t23-,26-,27+,32-. The predicted octanol–water partition coefficient (Wildman–Crippen LogP) is 4.64. The minimum Gasteiger partial charge on any atom is -0.489 e. The van der Waals surface area contributed by atoms with Crippen molar-refractivity contribution in [1.29, 1.82) is 0 Å². The van der Waals surface area contributed by atoms with Crippen LogP contribution in [0.3, 0.4) is 0 Å². The van der Waals surface area contributed by atoms with Crippen LogP contribution in [-0.2, 0) is 29.0 Å². The van der Waals surface area contributed by atoms with Gasteiger partial charge in [-0.2, -0.15) is 4.98 Å². The number of halogens is 4. The molecule has 4 aliphatic rings. The molecule has 10 nitrogen and oxygen atoms in total. The lowest BCUT2D eigenvalue weighted by atomic mass is 9.88. The number of fused-ring (bicyclic) bond motifs is 4. The summed E-state index contributed by atoms with van der Waals surface area (Å²) in [4.78, 5) is 25.0. The summed E-state index contributed by atoms with van der Waals surface area (Å²) in [5.41, 5.74) is 8.77. The summed E-state index contributed by atoms with van der Waals surface area (Å²) in [6.07, 6.45) is -2.36. The van der Waals surface area contributed by atoms with Crippen LogP contribution in [0, 0.1) is 11.8 Å². The van der Waals surface area contributed by atoms with E-state index in [0.29, 0.717) is 30.8 Å². The highest BCUT2D eigenvalue weighted by atomic mass is 19.4. The maximum atomic E-state index is 14.3.